The van der Waals surface area contributed by atoms with Crippen molar-refractivity contribution >= 4 is 5.91 Å². The summed E-state index contributed by atoms with van der Waals surface area (Å²) in [7, 11) is 3.61. The smallest absolute Gasteiger partial charge is 0.226 e. The molecule has 1 atom stereocenters. The fraction of sp³-hybridized carbons (Fsp3) is 0.462. The lowest BCUT2D eigenvalue weighted by molar-refractivity contribution is -0.134. The van der Waals surface area contributed by atoms with Crippen LogP contribution in [0, 0.1) is 5.92 Å². The van der Waals surface area contributed by atoms with E-state index >= 15 is 0 Å². The SMILES string of the molecule is CNCC(C)C(=O)N(C)Cc1cccc(O)c1. The molecule has 0 aliphatic carbocycles. The maximum atomic E-state index is 11.9. The van der Waals surface area contributed by atoms with Crippen LogP contribution in [0.5, 0.6) is 5.75 Å². The van der Waals surface area contributed by atoms with Crippen LogP contribution in [-0.4, -0.2) is 36.6 Å². The summed E-state index contributed by atoms with van der Waals surface area (Å²) in [6.45, 7) is 3.09. The Morgan fingerprint density at radius 1 is 1.53 bits per heavy atom. The fourth-order valence-corrected chi connectivity index (χ4v) is 1.78. The molecule has 0 saturated heterocycles. The first-order valence-corrected chi connectivity index (χ1v) is 5.72. The van der Waals surface area contributed by atoms with E-state index in [0.717, 1.165) is 5.56 Å². The van der Waals surface area contributed by atoms with Gasteiger partial charge in [0.15, 0.2) is 0 Å². The second-order valence-electron chi connectivity index (χ2n) is 4.32. The number of hydrogen-bond donors (Lipinski definition) is 2. The highest BCUT2D eigenvalue weighted by Crippen LogP contribution is 2.13. The molecule has 4 nitrogen and oxygen atoms in total. The molecule has 1 unspecified atom stereocenters. The highest BCUT2D eigenvalue weighted by Gasteiger charge is 2.16. The first-order chi connectivity index (χ1) is 8.04. The largest absolute Gasteiger partial charge is 0.508 e. The van der Waals surface area contributed by atoms with Crippen molar-refractivity contribution in [3.63, 3.8) is 0 Å². The zero-order chi connectivity index (χ0) is 12.8. The van der Waals surface area contributed by atoms with Crippen molar-refractivity contribution in [3.8, 4) is 5.75 Å². The second kappa shape index (κ2) is 6.25. The maximum Gasteiger partial charge on any atom is 0.226 e. The van der Waals surface area contributed by atoms with Crippen molar-refractivity contribution in [3.05, 3.63) is 29.8 Å². The molecular formula is C13H20N2O2. The Kier molecular flexibility index (Phi) is 4.97. The van der Waals surface area contributed by atoms with E-state index in [1.165, 1.54) is 0 Å². The van der Waals surface area contributed by atoms with Crippen molar-refractivity contribution in [1.82, 2.24) is 10.2 Å². The molecule has 17 heavy (non-hydrogen) atoms. The van der Waals surface area contributed by atoms with Crippen molar-refractivity contribution in [1.29, 1.82) is 0 Å². The molecule has 1 rings (SSSR count). The van der Waals surface area contributed by atoms with Crippen LogP contribution in [0.1, 0.15) is 12.5 Å². The molecule has 0 aliphatic rings. The number of nitrogens with one attached hydrogen (secondary N) is 1. The van der Waals surface area contributed by atoms with Gasteiger partial charge in [-0.05, 0) is 24.7 Å². The van der Waals surface area contributed by atoms with Gasteiger partial charge in [0.1, 0.15) is 5.75 Å². The summed E-state index contributed by atoms with van der Waals surface area (Å²) in [6.07, 6.45) is 0. The van der Waals surface area contributed by atoms with Gasteiger partial charge < -0.3 is 15.3 Å². The Morgan fingerprint density at radius 3 is 2.82 bits per heavy atom. The minimum absolute atomic E-state index is 0.0395. The van der Waals surface area contributed by atoms with E-state index in [1.54, 1.807) is 30.1 Å². The molecule has 0 spiro atoms. The molecule has 1 amide bonds. The molecular weight excluding hydrogens is 216 g/mol. The Labute approximate surface area is 102 Å². The quantitative estimate of drug-likeness (QED) is 0.808. The lowest BCUT2D eigenvalue weighted by Crippen LogP contribution is -2.35. The molecule has 4 heteroatoms. The van der Waals surface area contributed by atoms with Crippen molar-refractivity contribution in [2.24, 2.45) is 5.92 Å². The molecule has 0 radical (unpaired) electrons. The van der Waals surface area contributed by atoms with E-state index in [4.69, 9.17) is 0 Å². The highest BCUT2D eigenvalue weighted by atomic mass is 16.3. The molecule has 0 aliphatic heterocycles. The van der Waals surface area contributed by atoms with Crippen LogP contribution in [0.2, 0.25) is 0 Å². The van der Waals surface area contributed by atoms with Gasteiger partial charge in [0.25, 0.3) is 0 Å². The Bertz CT molecular complexity index is 379. The van der Waals surface area contributed by atoms with Crippen LogP contribution in [0.3, 0.4) is 0 Å². The predicted octanol–water partition coefficient (Wildman–Crippen LogP) is 1.21. The lowest BCUT2D eigenvalue weighted by Gasteiger charge is -2.21. The molecule has 0 saturated carbocycles. The summed E-state index contributed by atoms with van der Waals surface area (Å²) < 4.78 is 0. The van der Waals surface area contributed by atoms with E-state index in [-0.39, 0.29) is 17.6 Å². The Hall–Kier alpha value is -1.55. The first-order valence-electron chi connectivity index (χ1n) is 5.72. The molecule has 0 heterocycles. The lowest BCUT2D eigenvalue weighted by atomic mass is 10.1. The van der Waals surface area contributed by atoms with Gasteiger partial charge >= 0.3 is 0 Å². The zero-order valence-corrected chi connectivity index (χ0v) is 10.6. The van der Waals surface area contributed by atoms with E-state index < -0.39 is 0 Å². The normalized spacial score (nSPS) is 12.2. The van der Waals surface area contributed by atoms with E-state index in [2.05, 4.69) is 5.32 Å². The van der Waals surface area contributed by atoms with E-state index in [1.807, 2.05) is 20.0 Å². The van der Waals surface area contributed by atoms with E-state index in [0.29, 0.717) is 13.1 Å². The summed E-state index contributed by atoms with van der Waals surface area (Å²) in [5.74, 6) is 0.289. The van der Waals surface area contributed by atoms with Gasteiger partial charge in [-0.2, -0.15) is 0 Å². The number of phenols is 1. The Morgan fingerprint density at radius 2 is 2.24 bits per heavy atom. The van der Waals surface area contributed by atoms with Crippen LogP contribution in [0.15, 0.2) is 24.3 Å². The number of nitrogens with zero attached hydrogens (tertiary/aromatic N) is 1. The van der Waals surface area contributed by atoms with Gasteiger partial charge in [-0.25, -0.2) is 0 Å². The summed E-state index contributed by atoms with van der Waals surface area (Å²) >= 11 is 0. The highest BCUT2D eigenvalue weighted by molar-refractivity contribution is 5.78. The number of phenolic OH excluding ortho intramolecular Hbond substituents is 1. The Balaban J connectivity index is 2.59. The molecule has 94 valence electrons. The van der Waals surface area contributed by atoms with Crippen LogP contribution < -0.4 is 5.32 Å². The summed E-state index contributed by atoms with van der Waals surface area (Å²) in [6, 6.07) is 6.97. The van der Waals surface area contributed by atoms with Gasteiger partial charge in [0.05, 0.1) is 0 Å². The predicted molar refractivity (Wildman–Crippen MR) is 67.7 cm³/mol. The minimum atomic E-state index is -0.0395. The molecule has 0 fully saturated rings. The number of rotatable bonds is 5. The molecule has 1 aromatic rings. The average molecular weight is 236 g/mol. The third-order valence-corrected chi connectivity index (χ3v) is 2.64. The van der Waals surface area contributed by atoms with Crippen molar-refractivity contribution in [2.45, 2.75) is 13.5 Å². The van der Waals surface area contributed by atoms with Gasteiger partial charge in [0, 0.05) is 26.1 Å². The summed E-state index contributed by atoms with van der Waals surface area (Å²) in [5.41, 5.74) is 0.928. The third kappa shape index (κ3) is 4.07. The number of hydrogen-bond acceptors (Lipinski definition) is 3. The second-order valence-corrected chi connectivity index (χ2v) is 4.32. The maximum absolute atomic E-state index is 11.9. The van der Waals surface area contributed by atoms with Crippen LogP contribution in [0.4, 0.5) is 0 Å². The topological polar surface area (TPSA) is 52.6 Å². The fourth-order valence-electron chi connectivity index (χ4n) is 1.78. The number of carbonyl (C=O) groups is 1. The monoisotopic (exact) mass is 236 g/mol. The minimum Gasteiger partial charge on any atom is -0.508 e. The molecule has 0 aromatic heterocycles. The summed E-state index contributed by atoms with van der Waals surface area (Å²) in [4.78, 5) is 13.6. The molecule has 2 N–H and O–H groups in total. The van der Waals surface area contributed by atoms with Crippen LogP contribution in [-0.2, 0) is 11.3 Å². The standard InChI is InChI=1S/C13H20N2O2/c1-10(8-14-2)13(17)15(3)9-11-5-4-6-12(16)7-11/h4-7,10,14,16H,8-9H2,1-3H3. The first kappa shape index (κ1) is 13.5. The van der Waals surface area contributed by atoms with Crippen molar-refractivity contribution < 1.29 is 9.90 Å². The van der Waals surface area contributed by atoms with Gasteiger partial charge in [0.2, 0.25) is 5.91 Å². The average Bonchev–Trinajstić information content (AvgIpc) is 2.28. The molecule has 1 aromatic carbocycles. The summed E-state index contributed by atoms with van der Waals surface area (Å²) in [5, 5.41) is 12.3. The van der Waals surface area contributed by atoms with Crippen LogP contribution in [0.25, 0.3) is 0 Å². The van der Waals surface area contributed by atoms with Crippen molar-refractivity contribution in [2.75, 3.05) is 20.6 Å². The van der Waals surface area contributed by atoms with Crippen LogP contribution >= 0.6 is 0 Å². The number of amides is 1. The van der Waals surface area contributed by atoms with E-state index in [9.17, 15) is 9.90 Å². The molecule has 0 bridgehead atoms. The number of benzene rings is 1. The number of aromatic hydroxyl groups is 1. The van der Waals surface area contributed by atoms with Gasteiger partial charge in [-0.1, -0.05) is 19.1 Å². The van der Waals surface area contributed by atoms with Gasteiger partial charge in [-0.15, -0.1) is 0 Å². The zero-order valence-electron chi connectivity index (χ0n) is 10.6. The van der Waals surface area contributed by atoms with Gasteiger partial charge in [-0.3, -0.25) is 4.79 Å². The number of carbonyl (C=O) groups excluding carboxylic acids is 1. The third-order valence-electron chi connectivity index (χ3n) is 2.64.